The molecule has 2 heterocycles. The van der Waals surface area contributed by atoms with Crippen LogP contribution < -0.4 is 0 Å². The van der Waals surface area contributed by atoms with Crippen LogP contribution in [0.3, 0.4) is 0 Å². The number of rotatable bonds is 4. The maximum Gasteiger partial charge on any atom is 0.433 e. The van der Waals surface area contributed by atoms with Gasteiger partial charge < -0.3 is 4.42 Å². The second-order valence-corrected chi connectivity index (χ2v) is 4.54. The second-order valence-electron chi connectivity index (χ2n) is 4.15. The van der Waals surface area contributed by atoms with Gasteiger partial charge in [-0.05, 0) is 31.1 Å². The van der Waals surface area contributed by atoms with Gasteiger partial charge in [-0.2, -0.15) is 14.9 Å². The van der Waals surface area contributed by atoms with Crippen molar-refractivity contribution in [3.63, 3.8) is 0 Å². The normalized spacial score (nSPS) is 15.2. The van der Waals surface area contributed by atoms with Gasteiger partial charge in [0.25, 0.3) is 0 Å². The molecule has 0 bridgehead atoms. The molecule has 1 fully saturated rings. The van der Waals surface area contributed by atoms with E-state index >= 15 is 0 Å². The highest BCUT2D eigenvalue weighted by Gasteiger charge is 2.29. The number of H-pyrrole nitrogens is 1. The minimum Gasteiger partial charge on any atom is -0.400 e. The summed E-state index contributed by atoms with van der Waals surface area (Å²) in [5.41, 5.74) is 0. The number of nitro groups is 1. The first-order valence-electron chi connectivity index (χ1n) is 5.61. The monoisotopic (exact) mass is 279 g/mol. The molecule has 19 heavy (non-hydrogen) atoms. The molecule has 0 aromatic carbocycles. The second kappa shape index (κ2) is 4.43. The minimum absolute atomic E-state index is 0.288. The van der Waals surface area contributed by atoms with Gasteiger partial charge in [0.15, 0.2) is 11.6 Å². The van der Waals surface area contributed by atoms with Crippen molar-refractivity contribution in [1.29, 1.82) is 0 Å². The third-order valence-corrected chi connectivity index (χ3v) is 2.98. The SMILES string of the molecule is O=[N+]([O-])c1ccc(/C=N\n2c(C3CC3)n[nH]c2=S)o1. The molecule has 0 aliphatic heterocycles. The molecule has 2 aromatic heterocycles. The van der Waals surface area contributed by atoms with E-state index in [-0.39, 0.29) is 11.6 Å². The molecular formula is C10H9N5O3S. The zero-order valence-corrected chi connectivity index (χ0v) is 10.5. The van der Waals surface area contributed by atoms with Gasteiger partial charge in [-0.25, -0.2) is 0 Å². The number of nitrogens with zero attached hydrogens (tertiary/aromatic N) is 4. The van der Waals surface area contributed by atoms with Crippen LogP contribution in [0.15, 0.2) is 21.7 Å². The lowest BCUT2D eigenvalue weighted by Crippen LogP contribution is -1.96. The summed E-state index contributed by atoms with van der Waals surface area (Å²) in [5, 5.41) is 21.4. The highest BCUT2D eigenvalue weighted by Crippen LogP contribution is 2.38. The predicted octanol–water partition coefficient (Wildman–Crippen LogP) is 2.20. The van der Waals surface area contributed by atoms with Crippen molar-refractivity contribution in [2.24, 2.45) is 5.10 Å². The number of aromatic amines is 1. The molecule has 0 spiro atoms. The fraction of sp³-hybridized carbons (Fsp3) is 0.300. The van der Waals surface area contributed by atoms with Crippen LogP contribution in [0.2, 0.25) is 0 Å². The van der Waals surface area contributed by atoms with E-state index in [1.54, 1.807) is 0 Å². The molecule has 1 aliphatic rings. The Morgan fingerprint density at radius 3 is 3.05 bits per heavy atom. The van der Waals surface area contributed by atoms with Crippen molar-refractivity contribution < 1.29 is 9.34 Å². The van der Waals surface area contributed by atoms with E-state index in [1.807, 2.05) is 0 Å². The number of nitrogens with one attached hydrogen (secondary N) is 1. The average Bonchev–Trinajstić information content (AvgIpc) is 2.98. The summed E-state index contributed by atoms with van der Waals surface area (Å²) in [6.07, 6.45) is 3.52. The smallest absolute Gasteiger partial charge is 0.400 e. The van der Waals surface area contributed by atoms with Gasteiger partial charge in [-0.15, -0.1) is 0 Å². The Balaban J connectivity index is 1.87. The first kappa shape index (κ1) is 11.8. The number of hydrogen-bond donors (Lipinski definition) is 1. The van der Waals surface area contributed by atoms with Gasteiger partial charge in [-0.3, -0.25) is 15.2 Å². The van der Waals surface area contributed by atoms with Crippen LogP contribution in [0.5, 0.6) is 0 Å². The Bertz CT molecular complexity index is 709. The summed E-state index contributed by atoms with van der Waals surface area (Å²) < 4.78 is 6.88. The summed E-state index contributed by atoms with van der Waals surface area (Å²) >= 11 is 5.07. The van der Waals surface area contributed by atoms with Gasteiger partial charge >= 0.3 is 5.88 Å². The van der Waals surface area contributed by atoms with Crippen LogP contribution in [0, 0.1) is 14.9 Å². The van der Waals surface area contributed by atoms with Crippen molar-refractivity contribution in [3.8, 4) is 0 Å². The summed E-state index contributed by atoms with van der Waals surface area (Å²) in [7, 11) is 0. The molecule has 9 heteroatoms. The first-order chi connectivity index (χ1) is 9.15. The molecule has 0 unspecified atom stereocenters. The van der Waals surface area contributed by atoms with Crippen LogP contribution in [0.1, 0.15) is 30.3 Å². The number of hydrogen-bond acceptors (Lipinski definition) is 6. The zero-order chi connectivity index (χ0) is 13.4. The molecule has 1 saturated carbocycles. The lowest BCUT2D eigenvalue weighted by Gasteiger charge is -1.96. The fourth-order valence-electron chi connectivity index (χ4n) is 1.65. The Kier molecular flexibility index (Phi) is 2.75. The molecular weight excluding hydrogens is 270 g/mol. The summed E-state index contributed by atoms with van der Waals surface area (Å²) in [6, 6.07) is 2.75. The third-order valence-electron chi connectivity index (χ3n) is 2.71. The topological polar surface area (TPSA) is 102 Å². The van der Waals surface area contributed by atoms with E-state index in [1.165, 1.54) is 23.0 Å². The molecule has 0 radical (unpaired) electrons. The highest BCUT2D eigenvalue weighted by molar-refractivity contribution is 7.71. The van der Waals surface area contributed by atoms with Gasteiger partial charge in [0.05, 0.1) is 12.3 Å². The average molecular weight is 279 g/mol. The molecule has 1 aliphatic carbocycles. The van der Waals surface area contributed by atoms with Crippen molar-refractivity contribution in [1.82, 2.24) is 14.9 Å². The quantitative estimate of drug-likeness (QED) is 0.400. The predicted molar refractivity (Wildman–Crippen MR) is 67.7 cm³/mol. The van der Waals surface area contributed by atoms with E-state index in [4.69, 9.17) is 16.6 Å². The van der Waals surface area contributed by atoms with Crippen LogP contribution in [0.25, 0.3) is 0 Å². The van der Waals surface area contributed by atoms with Gasteiger partial charge in [0, 0.05) is 5.92 Å². The lowest BCUT2D eigenvalue weighted by atomic mass is 10.4. The maximum absolute atomic E-state index is 10.5. The molecule has 0 saturated heterocycles. The Morgan fingerprint density at radius 1 is 1.63 bits per heavy atom. The van der Waals surface area contributed by atoms with Crippen LogP contribution in [-0.2, 0) is 0 Å². The molecule has 0 amide bonds. The summed E-state index contributed by atoms with van der Waals surface area (Å²) in [4.78, 5) is 9.88. The van der Waals surface area contributed by atoms with Gasteiger partial charge in [0.1, 0.15) is 4.92 Å². The van der Waals surface area contributed by atoms with Gasteiger partial charge in [-0.1, -0.05) is 0 Å². The minimum atomic E-state index is -0.601. The van der Waals surface area contributed by atoms with E-state index in [2.05, 4.69) is 15.3 Å². The number of aromatic nitrogens is 3. The van der Waals surface area contributed by atoms with Crippen LogP contribution in [-0.4, -0.2) is 26.0 Å². The van der Waals surface area contributed by atoms with Crippen LogP contribution >= 0.6 is 12.2 Å². The molecule has 3 rings (SSSR count). The summed E-state index contributed by atoms with van der Waals surface area (Å²) in [6.45, 7) is 0. The lowest BCUT2D eigenvalue weighted by molar-refractivity contribution is -0.402. The van der Waals surface area contributed by atoms with Crippen molar-refractivity contribution in [2.45, 2.75) is 18.8 Å². The maximum atomic E-state index is 10.5. The Hall–Kier alpha value is -2.29. The largest absolute Gasteiger partial charge is 0.433 e. The Labute approximate surface area is 111 Å². The molecule has 8 nitrogen and oxygen atoms in total. The third kappa shape index (κ3) is 2.32. The van der Waals surface area contributed by atoms with Gasteiger partial charge in [0.2, 0.25) is 4.77 Å². The van der Waals surface area contributed by atoms with Crippen molar-refractivity contribution >= 4 is 24.3 Å². The fourth-order valence-corrected chi connectivity index (χ4v) is 1.83. The summed E-state index contributed by atoms with van der Waals surface area (Å²) in [5.74, 6) is 1.13. The highest BCUT2D eigenvalue weighted by atomic mass is 32.1. The first-order valence-corrected chi connectivity index (χ1v) is 6.02. The Morgan fingerprint density at radius 2 is 2.42 bits per heavy atom. The van der Waals surface area contributed by atoms with Crippen LogP contribution in [0.4, 0.5) is 5.88 Å². The molecule has 98 valence electrons. The molecule has 0 atom stereocenters. The van der Waals surface area contributed by atoms with E-state index < -0.39 is 4.92 Å². The van der Waals surface area contributed by atoms with Crippen molar-refractivity contribution in [2.75, 3.05) is 0 Å². The van der Waals surface area contributed by atoms with Crippen molar-refractivity contribution in [3.05, 3.63) is 38.6 Å². The van der Waals surface area contributed by atoms with E-state index in [0.29, 0.717) is 10.7 Å². The van der Waals surface area contributed by atoms with E-state index in [0.717, 1.165) is 18.7 Å². The molecule has 2 aromatic rings. The molecule has 1 N–H and O–H groups in total. The van der Waals surface area contributed by atoms with E-state index in [9.17, 15) is 10.1 Å². The standard InChI is InChI=1S/C10H9N5O3S/c16-15(17)8-4-3-7(18-8)5-11-14-9(6-1-2-6)12-13-10(14)19/h3-6H,1-2H2,(H,13,19)/b11-5-. The number of furan rings is 1. The zero-order valence-electron chi connectivity index (χ0n) is 9.65.